The molecule has 0 aliphatic carbocycles. The molecule has 1 fully saturated rings. The lowest BCUT2D eigenvalue weighted by Crippen LogP contribution is -2.47. The number of piperidine rings is 1. The van der Waals surface area contributed by atoms with Gasteiger partial charge in [-0.25, -0.2) is 0 Å². The third-order valence-corrected chi connectivity index (χ3v) is 4.86. The smallest absolute Gasteiger partial charge is 0.255 e. The van der Waals surface area contributed by atoms with E-state index >= 15 is 0 Å². The van der Waals surface area contributed by atoms with Crippen LogP contribution in [0.2, 0.25) is 0 Å². The van der Waals surface area contributed by atoms with E-state index in [0.29, 0.717) is 12.1 Å². The molecule has 25 heavy (non-hydrogen) atoms. The average molecular weight is 338 g/mol. The highest BCUT2D eigenvalue weighted by atomic mass is 16.2. The van der Waals surface area contributed by atoms with Crippen molar-refractivity contribution in [1.82, 2.24) is 9.88 Å². The van der Waals surface area contributed by atoms with Crippen molar-refractivity contribution in [3.05, 3.63) is 48.3 Å². The molecule has 1 aliphatic heterocycles. The maximum absolute atomic E-state index is 12.9. The number of likely N-dealkylation sites (tertiary alicyclic amines) is 1. The summed E-state index contributed by atoms with van der Waals surface area (Å²) in [6, 6.07) is 10.3. The number of carbonyl (C=O) groups is 1. The summed E-state index contributed by atoms with van der Waals surface area (Å²) in [6.45, 7) is 1.30. The molecule has 1 saturated heterocycles. The van der Waals surface area contributed by atoms with Crippen LogP contribution in [0.25, 0.3) is 11.1 Å². The van der Waals surface area contributed by atoms with Crippen LogP contribution in [0.4, 0.5) is 5.69 Å². The molecule has 5 heteroatoms. The molecule has 1 aliphatic rings. The minimum atomic E-state index is 0.0365. The third-order valence-electron chi connectivity index (χ3n) is 4.86. The van der Waals surface area contributed by atoms with Gasteiger partial charge in [0.1, 0.15) is 0 Å². The van der Waals surface area contributed by atoms with E-state index in [1.807, 2.05) is 25.1 Å². The molecule has 132 valence electrons. The van der Waals surface area contributed by atoms with Gasteiger partial charge in [-0.05, 0) is 43.0 Å². The molecule has 2 N–H and O–H groups in total. The highest BCUT2D eigenvalue weighted by molar-refractivity contribution is 5.95. The van der Waals surface area contributed by atoms with Crippen LogP contribution in [0, 0.1) is 0 Å². The fourth-order valence-electron chi connectivity index (χ4n) is 3.35. The Morgan fingerprint density at radius 1 is 1.20 bits per heavy atom. The van der Waals surface area contributed by atoms with E-state index in [2.05, 4.69) is 34.1 Å². The van der Waals surface area contributed by atoms with Gasteiger partial charge in [0.25, 0.3) is 5.91 Å². The van der Waals surface area contributed by atoms with E-state index in [0.717, 1.165) is 42.6 Å². The lowest BCUT2D eigenvalue weighted by Gasteiger charge is -2.35. The average Bonchev–Trinajstić information content (AvgIpc) is 2.67. The van der Waals surface area contributed by atoms with Gasteiger partial charge in [-0.3, -0.25) is 9.78 Å². The van der Waals surface area contributed by atoms with Gasteiger partial charge in [0, 0.05) is 56.9 Å². The van der Waals surface area contributed by atoms with Crippen molar-refractivity contribution in [3.63, 3.8) is 0 Å². The van der Waals surface area contributed by atoms with Gasteiger partial charge < -0.3 is 15.5 Å². The highest BCUT2D eigenvalue weighted by Crippen LogP contribution is 2.24. The van der Waals surface area contributed by atoms with E-state index < -0.39 is 0 Å². The molecule has 1 unspecified atom stereocenters. The standard InChI is InChI=1S/C20H26N4O/c1-23(2)18-8-6-15(7-9-18)16-11-17(14-22-13-16)20(25)24-10-4-3-5-19(24)12-21/h6-9,11,13-14,19H,3-5,10,12,21H2,1-2H3. The Kier molecular flexibility index (Phi) is 5.34. The summed E-state index contributed by atoms with van der Waals surface area (Å²) < 4.78 is 0. The third kappa shape index (κ3) is 3.82. The molecular formula is C20H26N4O. The molecule has 1 amide bonds. The van der Waals surface area contributed by atoms with Crippen LogP contribution in [-0.2, 0) is 0 Å². The highest BCUT2D eigenvalue weighted by Gasteiger charge is 2.26. The Morgan fingerprint density at radius 3 is 2.64 bits per heavy atom. The first kappa shape index (κ1) is 17.4. The summed E-state index contributed by atoms with van der Waals surface area (Å²) in [6.07, 6.45) is 6.63. The van der Waals surface area contributed by atoms with Crippen molar-refractivity contribution < 1.29 is 4.79 Å². The molecule has 0 spiro atoms. The van der Waals surface area contributed by atoms with E-state index in [4.69, 9.17) is 5.73 Å². The largest absolute Gasteiger partial charge is 0.378 e. The van der Waals surface area contributed by atoms with E-state index in [-0.39, 0.29) is 11.9 Å². The fraction of sp³-hybridized carbons (Fsp3) is 0.400. The van der Waals surface area contributed by atoms with Gasteiger partial charge in [0.05, 0.1) is 5.56 Å². The van der Waals surface area contributed by atoms with E-state index in [9.17, 15) is 4.79 Å². The van der Waals surface area contributed by atoms with Crippen LogP contribution in [-0.4, -0.2) is 49.0 Å². The molecule has 3 rings (SSSR count). The summed E-state index contributed by atoms with van der Waals surface area (Å²) in [5.41, 5.74) is 9.64. The molecule has 2 aromatic rings. The van der Waals surface area contributed by atoms with E-state index in [1.54, 1.807) is 12.4 Å². The van der Waals surface area contributed by atoms with Gasteiger partial charge in [-0.2, -0.15) is 0 Å². The van der Waals surface area contributed by atoms with Gasteiger partial charge in [0.15, 0.2) is 0 Å². The molecule has 2 heterocycles. The maximum atomic E-state index is 12.9. The summed E-state index contributed by atoms with van der Waals surface area (Å²) >= 11 is 0. The van der Waals surface area contributed by atoms with Crippen LogP contribution < -0.4 is 10.6 Å². The minimum Gasteiger partial charge on any atom is -0.378 e. The first-order valence-corrected chi connectivity index (χ1v) is 8.84. The van der Waals surface area contributed by atoms with Crippen molar-refractivity contribution in [3.8, 4) is 11.1 Å². The lowest BCUT2D eigenvalue weighted by molar-refractivity contribution is 0.0623. The number of hydrogen-bond acceptors (Lipinski definition) is 4. The first-order chi connectivity index (χ1) is 12.1. The Labute approximate surface area is 149 Å². The minimum absolute atomic E-state index is 0.0365. The monoisotopic (exact) mass is 338 g/mol. The van der Waals surface area contributed by atoms with Crippen molar-refractivity contribution in [2.24, 2.45) is 5.73 Å². The number of aromatic nitrogens is 1. The van der Waals surface area contributed by atoms with Gasteiger partial charge in [-0.1, -0.05) is 12.1 Å². The molecule has 1 atom stereocenters. The summed E-state index contributed by atoms with van der Waals surface area (Å²) in [7, 11) is 4.03. The molecule has 5 nitrogen and oxygen atoms in total. The van der Waals surface area contributed by atoms with Crippen LogP contribution in [0.5, 0.6) is 0 Å². The van der Waals surface area contributed by atoms with Crippen molar-refractivity contribution in [2.45, 2.75) is 25.3 Å². The molecule has 1 aromatic carbocycles. The Hall–Kier alpha value is -2.40. The van der Waals surface area contributed by atoms with E-state index in [1.165, 1.54) is 0 Å². The van der Waals surface area contributed by atoms with Crippen molar-refractivity contribution in [2.75, 3.05) is 32.1 Å². The van der Waals surface area contributed by atoms with Gasteiger partial charge in [-0.15, -0.1) is 0 Å². The molecular weight excluding hydrogens is 312 g/mol. The molecule has 0 bridgehead atoms. The number of pyridine rings is 1. The number of amides is 1. The molecule has 0 saturated carbocycles. The second-order valence-electron chi connectivity index (χ2n) is 6.79. The van der Waals surface area contributed by atoms with Crippen LogP contribution in [0.1, 0.15) is 29.6 Å². The lowest BCUT2D eigenvalue weighted by atomic mass is 10.00. The van der Waals surface area contributed by atoms with Crippen LogP contribution in [0.3, 0.4) is 0 Å². The number of nitrogens with two attached hydrogens (primary N) is 1. The van der Waals surface area contributed by atoms with Gasteiger partial charge in [0.2, 0.25) is 0 Å². The van der Waals surface area contributed by atoms with Crippen molar-refractivity contribution >= 4 is 11.6 Å². The summed E-state index contributed by atoms with van der Waals surface area (Å²) in [4.78, 5) is 21.2. The SMILES string of the molecule is CN(C)c1ccc(-c2cncc(C(=O)N3CCCCC3CN)c2)cc1. The number of carbonyl (C=O) groups excluding carboxylic acids is 1. The fourth-order valence-corrected chi connectivity index (χ4v) is 3.35. The maximum Gasteiger partial charge on any atom is 0.255 e. The Balaban J connectivity index is 1.84. The normalized spacial score (nSPS) is 17.4. The number of benzene rings is 1. The number of nitrogens with zero attached hydrogens (tertiary/aromatic N) is 3. The topological polar surface area (TPSA) is 62.5 Å². The molecule has 1 aromatic heterocycles. The Morgan fingerprint density at radius 2 is 1.96 bits per heavy atom. The zero-order valence-electron chi connectivity index (χ0n) is 15.0. The summed E-state index contributed by atoms with van der Waals surface area (Å²) in [5, 5.41) is 0. The predicted octanol–water partition coefficient (Wildman–Crippen LogP) is 2.77. The Bertz CT molecular complexity index is 727. The quantitative estimate of drug-likeness (QED) is 0.931. The second kappa shape index (κ2) is 7.66. The number of anilines is 1. The van der Waals surface area contributed by atoms with Crippen molar-refractivity contribution in [1.29, 1.82) is 0 Å². The van der Waals surface area contributed by atoms with Crippen LogP contribution >= 0.6 is 0 Å². The number of hydrogen-bond donors (Lipinski definition) is 1. The molecule has 0 radical (unpaired) electrons. The zero-order chi connectivity index (χ0) is 17.8. The number of rotatable bonds is 4. The van der Waals surface area contributed by atoms with Gasteiger partial charge >= 0.3 is 0 Å². The van der Waals surface area contributed by atoms with Crippen LogP contribution in [0.15, 0.2) is 42.7 Å². The zero-order valence-corrected chi connectivity index (χ0v) is 15.0. The second-order valence-corrected chi connectivity index (χ2v) is 6.79. The summed E-state index contributed by atoms with van der Waals surface area (Å²) in [5.74, 6) is 0.0365. The predicted molar refractivity (Wildman–Crippen MR) is 102 cm³/mol. The first-order valence-electron chi connectivity index (χ1n) is 8.84.